The molecule has 0 spiro atoms. The lowest BCUT2D eigenvalue weighted by Gasteiger charge is -2.21. The summed E-state index contributed by atoms with van der Waals surface area (Å²) in [6.45, 7) is 0. The van der Waals surface area contributed by atoms with Crippen molar-refractivity contribution in [2.24, 2.45) is 5.92 Å². The average Bonchev–Trinajstić information content (AvgIpc) is 3.12. The van der Waals surface area contributed by atoms with Crippen molar-refractivity contribution in [3.8, 4) is 0 Å². The van der Waals surface area contributed by atoms with E-state index in [0.29, 0.717) is 11.0 Å². The van der Waals surface area contributed by atoms with Crippen LogP contribution in [0, 0.1) is 5.92 Å². The monoisotopic (exact) mass is 340 g/mol. The van der Waals surface area contributed by atoms with Gasteiger partial charge >= 0.3 is 5.97 Å². The smallest absolute Gasteiger partial charge is 0.371 e. The Hall–Kier alpha value is -2.10. The molecule has 4 rings (SSSR count). The lowest BCUT2D eigenvalue weighted by molar-refractivity contribution is 0.0663. The van der Waals surface area contributed by atoms with Crippen molar-refractivity contribution in [2.45, 2.75) is 64.2 Å². The number of aryl methyl sites for hydroxylation is 2. The predicted molar refractivity (Wildman–Crippen MR) is 96.4 cm³/mol. The van der Waals surface area contributed by atoms with Crippen LogP contribution in [0.15, 0.2) is 21.3 Å². The summed E-state index contributed by atoms with van der Waals surface area (Å²) in [5, 5.41) is 9.82. The summed E-state index contributed by atoms with van der Waals surface area (Å²) in [6.07, 6.45) is 11.5. The zero-order valence-electron chi connectivity index (χ0n) is 14.5. The maximum Gasteiger partial charge on any atom is 0.371 e. The maximum absolute atomic E-state index is 12.5. The van der Waals surface area contributed by atoms with Crippen LogP contribution >= 0.6 is 0 Å². The van der Waals surface area contributed by atoms with Crippen LogP contribution in [0.2, 0.25) is 0 Å². The van der Waals surface area contributed by atoms with Gasteiger partial charge in [0.15, 0.2) is 5.43 Å². The number of hydrogen-bond acceptors (Lipinski definition) is 3. The fourth-order valence-corrected chi connectivity index (χ4v) is 4.63. The third-order valence-corrected chi connectivity index (χ3v) is 5.94. The molecule has 1 saturated carbocycles. The second kappa shape index (κ2) is 6.66. The second-order valence-electron chi connectivity index (χ2n) is 7.55. The van der Waals surface area contributed by atoms with Crippen LogP contribution in [-0.4, -0.2) is 11.1 Å². The summed E-state index contributed by atoms with van der Waals surface area (Å²) >= 11 is 0. The van der Waals surface area contributed by atoms with Gasteiger partial charge in [0.25, 0.3) is 0 Å². The number of carboxylic acids is 1. The molecule has 0 amide bonds. The van der Waals surface area contributed by atoms with E-state index in [9.17, 15) is 14.7 Å². The van der Waals surface area contributed by atoms with Crippen LogP contribution in [0.4, 0.5) is 0 Å². The van der Waals surface area contributed by atoms with Crippen molar-refractivity contribution in [1.29, 1.82) is 0 Å². The highest BCUT2D eigenvalue weighted by Gasteiger charge is 2.23. The molecule has 2 aliphatic rings. The van der Waals surface area contributed by atoms with Crippen molar-refractivity contribution in [1.82, 2.24) is 0 Å². The Bertz CT molecular complexity index is 872. The van der Waals surface area contributed by atoms with Gasteiger partial charge in [-0.25, -0.2) is 4.79 Å². The Kier molecular flexibility index (Phi) is 4.36. The minimum Gasteiger partial charge on any atom is -0.475 e. The van der Waals surface area contributed by atoms with Gasteiger partial charge in [-0.2, -0.15) is 0 Å². The summed E-state index contributed by atoms with van der Waals surface area (Å²) in [6, 6.07) is 3.06. The largest absolute Gasteiger partial charge is 0.475 e. The standard InChI is InChI=1S/C21H24O4/c22-18-12-19(21(23)24)25-20-16(10-9-13-5-1-2-6-13)15-8-4-3-7-14(15)11-17(18)20/h11-13H,1-10H2,(H,23,24). The third-order valence-electron chi connectivity index (χ3n) is 5.94. The quantitative estimate of drug-likeness (QED) is 0.890. The molecule has 1 aromatic carbocycles. The molecule has 1 heterocycles. The first-order valence-electron chi connectivity index (χ1n) is 9.48. The van der Waals surface area contributed by atoms with Gasteiger partial charge < -0.3 is 9.52 Å². The number of fused-ring (bicyclic) bond motifs is 2. The van der Waals surface area contributed by atoms with Crippen LogP contribution in [0.1, 0.15) is 72.2 Å². The molecular weight excluding hydrogens is 316 g/mol. The number of carbonyl (C=O) groups is 1. The Balaban J connectivity index is 1.85. The van der Waals surface area contributed by atoms with Gasteiger partial charge in [0.2, 0.25) is 5.76 Å². The molecular formula is C21H24O4. The van der Waals surface area contributed by atoms with Crippen LogP contribution in [0.3, 0.4) is 0 Å². The molecule has 2 aromatic rings. The van der Waals surface area contributed by atoms with Crippen molar-refractivity contribution < 1.29 is 14.3 Å². The first-order chi connectivity index (χ1) is 12.1. The van der Waals surface area contributed by atoms with E-state index in [1.54, 1.807) is 0 Å². The molecule has 4 heteroatoms. The lowest BCUT2D eigenvalue weighted by Crippen LogP contribution is -2.13. The third kappa shape index (κ3) is 3.10. The topological polar surface area (TPSA) is 67.5 Å². The zero-order valence-corrected chi connectivity index (χ0v) is 14.5. The van der Waals surface area contributed by atoms with E-state index in [0.717, 1.165) is 56.1 Å². The molecule has 1 aromatic heterocycles. The summed E-state index contributed by atoms with van der Waals surface area (Å²) in [5.74, 6) is -0.683. The van der Waals surface area contributed by atoms with Crippen molar-refractivity contribution in [2.75, 3.05) is 0 Å². The average molecular weight is 340 g/mol. The van der Waals surface area contributed by atoms with Crippen LogP contribution in [0.25, 0.3) is 11.0 Å². The summed E-state index contributed by atoms with van der Waals surface area (Å²) in [7, 11) is 0. The van der Waals surface area contributed by atoms with Gasteiger partial charge in [-0.05, 0) is 67.2 Å². The number of rotatable bonds is 4. The molecule has 1 fully saturated rings. The molecule has 25 heavy (non-hydrogen) atoms. The highest BCUT2D eigenvalue weighted by atomic mass is 16.4. The van der Waals surface area contributed by atoms with Gasteiger partial charge in [-0.3, -0.25) is 4.79 Å². The Morgan fingerprint density at radius 3 is 2.64 bits per heavy atom. The Morgan fingerprint density at radius 1 is 1.12 bits per heavy atom. The van der Waals surface area contributed by atoms with Crippen molar-refractivity contribution in [3.63, 3.8) is 0 Å². The Morgan fingerprint density at radius 2 is 1.88 bits per heavy atom. The molecule has 0 unspecified atom stereocenters. The van der Waals surface area contributed by atoms with Gasteiger partial charge in [-0.1, -0.05) is 25.7 Å². The number of aromatic carboxylic acids is 1. The molecule has 4 nitrogen and oxygen atoms in total. The van der Waals surface area contributed by atoms with E-state index in [-0.39, 0.29) is 11.2 Å². The van der Waals surface area contributed by atoms with E-state index in [2.05, 4.69) is 0 Å². The summed E-state index contributed by atoms with van der Waals surface area (Å²) < 4.78 is 5.72. The minimum absolute atomic E-state index is 0.242. The lowest BCUT2D eigenvalue weighted by atomic mass is 9.84. The number of benzene rings is 1. The van der Waals surface area contributed by atoms with Crippen molar-refractivity contribution in [3.05, 3.63) is 44.8 Å². The normalized spacial score (nSPS) is 17.8. The zero-order chi connectivity index (χ0) is 17.4. The maximum atomic E-state index is 12.5. The molecule has 2 aliphatic carbocycles. The predicted octanol–water partition coefficient (Wildman–Crippen LogP) is 4.49. The first-order valence-corrected chi connectivity index (χ1v) is 9.48. The molecule has 0 aliphatic heterocycles. The van der Waals surface area contributed by atoms with Crippen LogP contribution in [0.5, 0.6) is 0 Å². The molecule has 0 radical (unpaired) electrons. The molecule has 132 valence electrons. The first kappa shape index (κ1) is 16.4. The van der Waals surface area contributed by atoms with E-state index in [1.807, 2.05) is 6.07 Å². The van der Waals surface area contributed by atoms with E-state index >= 15 is 0 Å². The van der Waals surface area contributed by atoms with E-state index in [1.165, 1.54) is 36.8 Å². The highest BCUT2D eigenvalue weighted by molar-refractivity contribution is 5.89. The van der Waals surface area contributed by atoms with Gasteiger partial charge in [0, 0.05) is 6.07 Å². The SMILES string of the molecule is O=C(O)c1cc(=O)c2cc3c(c(CCC4CCCC4)c2o1)CCCC3. The van der Waals surface area contributed by atoms with Gasteiger partial charge in [0.05, 0.1) is 5.39 Å². The number of carboxylic acid groups (broad SMARTS) is 1. The minimum atomic E-state index is -1.18. The van der Waals surface area contributed by atoms with E-state index < -0.39 is 5.97 Å². The Labute approximate surface area is 146 Å². The van der Waals surface area contributed by atoms with Crippen LogP contribution < -0.4 is 5.43 Å². The van der Waals surface area contributed by atoms with Gasteiger partial charge in [-0.15, -0.1) is 0 Å². The molecule has 0 atom stereocenters. The van der Waals surface area contributed by atoms with E-state index in [4.69, 9.17) is 4.42 Å². The fourth-order valence-electron chi connectivity index (χ4n) is 4.63. The number of hydrogen-bond donors (Lipinski definition) is 1. The summed E-state index contributed by atoms with van der Waals surface area (Å²) in [5.41, 5.74) is 3.94. The summed E-state index contributed by atoms with van der Waals surface area (Å²) in [4.78, 5) is 23.8. The molecule has 0 bridgehead atoms. The molecule has 0 saturated heterocycles. The van der Waals surface area contributed by atoms with Crippen molar-refractivity contribution >= 4 is 16.9 Å². The van der Waals surface area contributed by atoms with Gasteiger partial charge in [0.1, 0.15) is 5.58 Å². The van der Waals surface area contributed by atoms with Crippen LogP contribution in [-0.2, 0) is 19.3 Å². The highest BCUT2D eigenvalue weighted by Crippen LogP contribution is 2.34. The fraction of sp³-hybridized carbons (Fsp3) is 0.524. The molecule has 1 N–H and O–H groups in total. The second-order valence-corrected chi connectivity index (χ2v) is 7.55.